The minimum atomic E-state index is -0.423. The highest BCUT2D eigenvalue weighted by atomic mass is 79.9. The van der Waals surface area contributed by atoms with Gasteiger partial charge in [0.25, 0.3) is 0 Å². The number of hydrogen-bond donors (Lipinski definition) is 0. The zero-order chi connectivity index (χ0) is 13.4. The average molecular weight is 375 g/mol. The van der Waals surface area contributed by atoms with Crippen molar-refractivity contribution in [3.05, 3.63) is 42.6 Å². The summed E-state index contributed by atoms with van der Waals surface area (Å²) in [5, 5.41) is 11.2. The zero-order valence-corrected chi connectivity index (χ0v) is 12.8. The van der Waals surface area contributed by atoms with E-state index in [0.717, 1.165) is 10.0 Å². The molecule has 0 aromatic carbocycles. The third-order valence-corrected chi connectivity index (χ3v) is 3.26. The van der Waals surface area contributed by atoms with E-state index in [9.17, 15) is 10.1 Å². The summed E-state index contributed by atoms with van der Waals surface area (Å²) in [4.78, 5) is 15.1. The van der Waals surface area contributed by atoms with E-state index in [1.165, 1.54) is 4.40 Å². The average Bonchev–Trinajstić information content (AvgIpc) is 2.54. The SMILES string of the molecule is CC(C)=Cc1nc2c(Br)cc(Br)cn2c1[N+](=O)[O-]. The molecule has 2 aromatic heterocycles. The lowest BCUT2D eigenvalue weighted by Gasteiger charge is -1.96. The fourth-order valence-corrected chi connectivity index (χ4v) is 2.90. The number of nitro groups is 1. The molecule has 0 bridgehead atoms. The van der Waals surface area contributed by atoms with E-state index in [4.69, 9.17) is 0 Å². The van der Waals surface area contributed by atoms with Gasteiger partial charge >= 0.3 is 5.82 Å². The maximum absolute atomic E-state index is 11.2. The first-order valence-electron chi connectivity index (χ1n) is 5.06. The Morgan fingerprint density at radius 3 is 2.72 bits per heavy atom. The molecule has 18 heavy (non-hydrogen) atoms. The number of imidazole rings is 1. The molecule has 0 saturated heterocycles. The van der Waals surface area contributed by atoms with Crippen molar-refractivity contribution >= 4 is 49.4 Å². The maximum atomic E-state index is 11.2. The van der Waals surface area contributed by atoms with Gasteiger partial charge < -0.3 is 10.1 Å². The van der Waals surface area contributed by atoms with Gasteiger partial charge in [0.2, 0.25) is 5.65 Å². The summed E-state index contributed by atoms with van der Waals surface area (Å²) in [6, 6.07) is 1.80. The van der Waals surface area contributed by atoms with Crippen molar-refractivity contribution < 1.29 is 4.92 Å². The topological polar surface area (TPSA) is 60.4 Å². The van der Waals surface area contributed by atoms with Gasteiger partial charge in [-0.1, -0.05) is 5.57 Å². The Kier molecular flexibility index (Phi) is 3.54. The third kappa shape index (κ3) is 2.32. The van der Waals surface area contributed by atoms with Gasteiger partial charge in [0.15, 0.2) is 5.69 Å². The molecule has 0 unspecified atom stereocenters. The fourth-order valence-electron chi connectivity index (χ4n) is 1.63. The standard InChI is InChI=1S/C11H9Br2N3O2/c1-6(2)3-9-11(16(17)18)15-5-7(12)4-8(13)10(15)14-9/h3-5H,1-2H3. The molecule has 0 spiro atoms. The summed E-state index contributed by atoms with van der Waals surface area (Å²) >= 11 is 6.66. The number of fused-ring (bicyclic) bond motifs is 1. The second kappa shape index (κ2) is 4.81. The van der Waals surface area contributed by atoms with E-state index in [0.29, 0.717) is 15.8 Å². The fraction of sp³-hybridized carbons (Fsp3) is 0.182. The van der Waals surface area contributed by atoms with E-state index < -0.39 is 4.92 Å². The Morgan fingerprint density at radius 2 is 2.17 bits per heavy atom. The van der Waals surface area contributed by atoms with Crippen molar-refractivity contribution in [2.24, 2.45) is 0 Å². The molecule has 0 N–H and O–H groups in total. The van der Waals surface area contributed by atoms with Gasteiger partial charge in [0.05, 0.1) is 8.95 Å². The minimum absolute atomic E-state index is 0.0341. The monoisotopic (exact) mass is 373 g/mol. The molecule has 0 atom stereocenters. The molecule has 0 aliphatic rings. The van der Waals surface area contributed by atoms with Crippen molar-refractivity contribution in [2.75, 3.05) is 0 Å². The van der Waals surface area contributed by atoms with Crippen LogP contribution in [-0.2, 0) is 0 Å². The molecule has 0 fully saturated rings. The molecule has 0 amide bonds. The van der Waals surface area contributed by atoms with Crippen LogP contribution in [0.5, 0.6) is 0 Å². The lowest BCUT2D eigenvalue weighted by atomic mass is 10.3. The predicted octanol–water partition coefficient (Wildman–Crippen LogP) is 4.19. The first kappa shape index (κ1) is 13.2. The van der Waals surface area contributed by atoms with Gasteiger partial charge in [-0.25, -0.2) is 0 Å². The van der Waals surface area contributed by atoms with Gasteiger partial charge in [-0.05, 0) is 62.8 Å². The first-order chi connectivity index (χ1) is 8.40. The second-order valence-corrected chi connectivity index (χ2v) is 5.77. The minimum Gasteiger partial charge on any atom is -0.358 e. The molecule has 0 radical (unpaired) electrons. The highest BCUT2D eigenvalue weighted by Gasteiger charge is 2.23. The molecular weight excluding hydrogens is 366 g/mol. The molecular formula is C11H9Br2N3O2. The van der Waals surface area contributed by atoms with Crippen LogP contribution in [0.1, 0.15) is 19.5 Å². The molecule has 2 aromatic rings. The van der Waals surface area contributed by atoms with Crippen molar-refractivity contribution in [3.63, 3.8) is 0 Å². The third-order valence-electron chi connectivity index (χ3n) is 2.24. The van der Waals surface area contributed by atoms with Crippen LogP contribution in [-0.4, -0.2) is 14.3 Å². The number of hydrogen-bond acceptors (Lipinski definition) is 3. The quantitative estimate of drug-likeness (QED) is 0.584. The predicted molar refractivity (Wildman–Crippen MR) is 76.6 cm³/mol. The van der Waals surface area contributed by atoms with Gasteiger partial charge in [-0.2, -0.15) is 9.38 Å². The van der Waals surface area contributed by atoms with Crippen LogP contribution < -0.4 is 0 Å². The summed E-state index contributed by atoms with van der Waals surface area (Å²) in [7, 11) is 0. The second-order valence-electron chi connectivity index (χ2n) is 4.00. The van der Waals surface area contributed by atoms with Crippen molar-refractivity contribution in [3.8, 4) is 0 Å². The van der Waals surface area contributed by atoms with Crippen LogP contribution >= 0.6 is 31.9 Å². The largest absolute Gasteiger partial charge is 0.358 e. The summed E-state index contributed by atoms with van der Waals surface area (Å²) in [5.41, 5.74) is 1.84. The van der Waals surface area contributed by atoms with Crippen molar-refractivity contribution in [1.29, 1.82) is 0 Å². The van der Waals surface area contributed by atoms with Crippen LogP contribution in [0, 0.1) is 10.1 Å². The van der Waals surface area contributed by atoms with E-state index in [1.54, 1.807) is 18.3 Å². The normalized spacial score (nSPS) is 10.7. The molecule has 0 aliphatic heterocycles. The van der Waals surface area contributed by atoms with E-state index in [1.807, 2.05) is 13.8 Å². The van der Waals surface area contributed by atoms with Gasteiger partial charge in [-0.15, -0.1) is 0 Å². The van der Waals surface area contributed by atoms with Crippen LogP contribution in [0.15, 0.2) is 26.8 Å². The Labute approximate surface area is 120 Å². The molecule has 94 valence electrons. The number of aromatic nitrogens is 2. The number of rotatable bonds is 2. The van der Waals surface area contributed by atoms with Crippen LogP contribution in [0.3, 0.4) is 0 Å². The highest BCUT2D eigenvalue weighted by molar-refractivity contribution is 9.11. The number of nitrogens with zero attached hydrogens (tertiary/aromatic N) is 3. The van der Waals surface area contributed by atoms with Gasteiger partial charge in [0.1, 0.15) is 6.20 Å². The highest BCUT2D eigenvalue weighted by Crippen LogP contribution is 2.29. The molecule has 5 nitrogen and oxygen atoms in total. The van der Waals surface area contributed by atoms with Crippen LogP contribution in [0.2, 0.25) is 0 Å². The van der Waals surface area contributed by atoms with E-state index >= 15 is 0 Å². The first-order valence-corrected chi connectivity index (χ1v) is 6.65. The molecule has 0 aliphatic carbocycles. The lowest BCUT2D eigenvalue weighted by Crippen LogP contribution is -1.96. The number of allylic oxidation sites excluding steroid dienone is 1. The van der Waals surface area contributed by atoms with Crippen LogP contribution in [0.25, 0.3) is 11.7 Å². The van der Waals surface area contributed by atoms with Gasteiger partial charge in [0, 0.05) is 0 Å². The van der Waals surface area contributed by atoms with Crippen molar-refractivity contribution in [1.82, 2.24) is 9.38 Å². The van der Waals surface area contributed by atoms with Crippen LogP contribution in [0.4, 0.5) is 5.82 Å². The van der Waals surface area contributed by atoms with Crippen molar-refractivity contribution in [2.45, 2.75) is 13.8 Å². The molecule has 7 heteroatoms. The Hall–Kier alpha value is -1.21. The lowest BCUT2D eigenvalue weighted by molar-refractivity contribution is -0.390. The summed E-state index contributed by atoms with van der Waals surface area (Å²) < 4.78 is 2.91. The summed E-state index contributed by atoms with van der Waals surface area (Å²) in [5.74, 6) is -0.0341. The van der Waals surface area contributed by atoms with Gasteiger partial charge in [-0.3, -0.25) is 0 Å². The Balaban J connectivity index is 2.88. The number of pyridine rings is 1. The van der Waals surface area contributed by atoms with E-state index in [-0.39, 0.29) is 5.82 Å². The molecule has 0 saturated carbocycles. The summed E-state index contributed by atoms with van der Waals surface area (Å²) in [6.45, 7) is 3.75. The zero-order valence-electron chi connectivity index (χ0n) is 9.65. The number of halogens is 2. The maximum Gasteiger partial charge on any atom is 0.355 e. The van der Waals surface area contributed by atoms with E-state index in [2.05, 4.69) is 36.8 Å². The smallest absolute Gasteiger partial charge is 0.355 e. The molecule has 2 heterocycles. The summed E-state index contributed by atoms with van der Waals surface area (Å²) in [6.07, 6.45) is 3.33. The Morgan fingerprint density at radius 1 is 1.50 bits per heavy atom. The Bertz CT molecular complexity index is 672. The molecule has 2 rings (SSSR count).